The predicted molar refractivity (Wildman–Crippen MR) is 189 cm³/mol. The Hall–Kier alpha value is -4.09. The molecule has 1 heterocycles. The molecule has 0 bridgehead atoms. The van der Waals surface area contributed by atoms with Crippen molar-refractivity contribution in [1.29, 1.82) is 0 Å². The van der Waals surface area contributed by atoms with Crippen molar-refractivity contribution in [2.24, 2.45) is 5.92 Å². The lowest BCUT2D eigenvalue weighted by Gasteiger charge is -2.34. The number of carbonyl (C=O) groups excluding carboxylic acids is 4. The fraction of sp³-hybridized carbons (Fsp3) is 0.421. The zero-order valence-corrected chi connectivity index (χ0v) is 29.7. The first-order chi connectivity index (χ1) is 24.3. The Kier molecular flexibility index (Phi) is 12.7. The van der Waals surface area contributed by atoms with Crippen molar-refractivity contribution in [3.05, 3.63) is 105 Å². The van der Waals surface area contributed by atoms with E-state index < -0.39 is 59.4 Å². The molecular formula is C38H41Cl2F3N4O4. The summed E-state index contributed by atoms with van der Waals surface area (Å²) in [6.07, 6.45) is -1.43. The number of nitrogens with zero attached hydrogens (tertiary/aromatic N) is 2. The zero-order valence-electron chi connectivity index (χ0n) is 28.2. The van der Waals surface area contributed by atoms with Gasteiger partial charge in [0.15, 0.2) is 0 Å². The summed E-state index contributed by atoms with van der Waals surface area (Å²) in [4.78, 5) is 59.2. The number of amides is 4. The fourth-order valence-corrected chi connectivity index (χ4v) is 7.22. The van der Waals surface area contributed by atoms with Crippen LogP contribution < -0.4 is 10.6 Å². The normalized spacial score (nSPS) is 22.3. The highest BCUT2D eigenvalue weighted by Crippen LogP contribution is 2.31. The molecule has 0 aromatic heterocycles. The Bertz CT molecular complexity index is 1720. The molecule has 4 amide bonds. The first-order valence-electron chi connectivity index (χ1n) is 17.1. The lowest BCUT2D eigenvalue weighted by molar-refractivity contribution is -0.147. The van der Waals surface area contributed by atoms with Crippen LogP contribution >= 0.6 is 23.2 Å². The van der Waals surface area contributed by atoms with E-state index in [0.29, 0.717) is 35.7 Å². The lowest BCUT2D eigenvalue weighted by atomic mass is 9.83. The number of aryl methyl sites for hydroxylation is 1. The number of halogens is 5. The van der Waals surface area contributed by atoms with E-state index in [1.165, 1.54) is 29.0 Å². The third-order valence-corrected chi connectivity index (χ3v) is 10.4. The molecule has 2 fully saturated rings. The standard InChI is InChI=1S/C38H41Cl2F3N4O4/c1-46-33(17-15-24-8-3-2-4-9-24)37(51)47(19-18-25-14-16-29(39)30(40)21-25)23-34(48)44-31-13-6-5-12-28(31)35(49)45-32(36(46)50)22-26-10-7-11-27(20-26)38(41,42)43/h2-4,7-11,14,16,20-21,28,31-33H,5-6,12-13,15,17-19,22-23H2,1H3,(H,44,48)(H,45,49)/t28-,31+,32+,33-/m1/s1. The molecule has 272 valence electrons. The van der Waals surface area contributed by atoms with Gasteiger partial charge in [0.1, 0.15) is 12.1 Å². The predicted octanol–water partition coefficient (Wildman–Crippen LogP) is 6.26. The molecule has 1 aliphatic heterocycles. The number of alkyl halides is 3. The molecule has 2 aliphatic rings. The number of rotatable bonds is 8. The van der Waals surface area contributed by atoms with Crippen LogP contribution in [0, 0.1) is 5.92 Å². The van der Waals surface area contributed by atoms with Crippen LogP contribution in [0.15, 0.2) is 72.8 Å². The summed E-state index contributed by atoms with van der Waals surface area (Å²) >= 11 is 12.4. The SMILES string of the molecule is CN1C(=O)[C@H](Cc2cccc(C(F)(F)F)c2)NC(=O)[C@@H]2CCCC[C@@H]2NC(=O)CN(CCc2ccc(Cl)c(Cl)c2)C(=O)[C@H]1CCc1ccccc1. The molecule has 3 aromatic carbocycles. The van der Waals surface area contributed by atoms with Crippen LogP contribution in [0.4, 0.5) is 13.2 Å². The summed E-state index contributed by atoms with van der Waals surface area (Å²) < 4.78 is 40.9. The van der Waals surface area contributed by atoms with Gasteiger partial charge in [0, 0.05) is 26.1 Å². The van der Waals surface area contributed by atoms with E-state index in [9.17, 15) is 32.3 Å². The molecule has 1 saturated carbocycles. The van der Waals surface area contributed by atoms with Crippen LogP contribution in [0.25, 0.3) is 0 Å². The third kappa shape index (κ3) is 10.0. The number of hydrogen-bond acceptors (Lipinski definition) is 4. The molecule has 0 spiro atoms. The highest BCUT2D eigenvalue weighted by atomic mass is 35.5. The largest absolute Gasteiger partial charge is 0.416 e. The fourth-order valence-electron chi connectivity index (χ4n) is 6.90. The van der Waals surface area contributed by atoms with E-state index in [1.807, 2.05) is 30.3 Å². The first kappa shape index (κ1) is 38.1. The minimum atomic E-state index is -4.60. The van der Waals surface area contributed by atoms with Gasteiger partial charge in [-0.25, -0.2) is 0 Å². The van der Waals surface area contributed by atoms with Crippen molar-refractivity contribution in [2.75, 3.05) is 20.1 Å². The second-order valence-electron chi connectivity index (χ2n) is 13.3. The Morgan fingerprint density at radius 3 is 2.24 bits per heavy atom. The van der Waals surface area contributed by atoms with Gasteiger partial charge in [-0.15, -0.1) is 0 Å². The van der Waals surface area contributed by atoms with Crippen molar-refractivity contribution in [1.82, 2.24) is 20.4 Å². The van der Waals surface area contributed by atoms with Crippen LogP contribution in [-0.2, 0) is 44.6 Å². The molecule has 51 heavy (non-hydrogen) atoms. The smallest absolute Gasteiger partial charge is 0.351 e. The van der Waals surface area contributed by atoms with Gasteiger partial charge >= 0.3 is 6.18 Å². The second-order valence-corrected chi connectivity index (χ2v) is 14.1. The number of fused-ring (bicyclic) bond motifs is 1. The molecule has 3 aromatic rings. The topological polar surface area (TPSA) is 98.8 Å². The molecule has 0 unspecified atom stereocenters. The number of likely N-dealkylation sites (N-methyl/N-ethyl adjacent to an activating group) is 1. The molecule has 13 heteroatoms. The number of hydrogen-bond donors (Lipinski definition) is 2. The van der Waals surface area contributed by atoms with Crippen LogP contribution in [0.3, 0.4) is 0 Å². The molecule has 4 atom stereocenters. The molecule has 0 radical (unpaired) electrons. The maximum Gasteiger partial charge on any atom is 0.416 e. The van der Waals surface area contributed by atoms with Gasteiger partial charge < -0.3 is 20.4 Å². The van der Waals surface area contributed by atoms with Gasteiger partial charge in [0.2, 0.25) is 23.6 Å². The Morgan fingerprint density at radius 2 is 1.51 bits per heavy atom. The summed E-state index contributed by atoms with van der Waals surface area (Å²) in [7, 11) is 1.46. The monoisotopic (exact) mass is 744 g/mol. The summed E-state index contributed by atoms with van der Waals surface area (Å²) in [5, 5.41) is 6.53. The van der Waals surface area contributed by atoms with Gasteiger partial charge in [-0.2, -0.15) is 13.2 Å². The van der Waals surface area contributed by atoms with Gasteiger partial charge in [-0.05, 0) is 67.0 Å². The number of nitrogens with one attached hydrogen (secondary N) is 2. The summed E-state index contributed by atoms with van der Waals surface area (Å²) in [5.74, 6) is -2.66. The lowest BCUT2D eigenvalue weighted by Crippen LogP contribution is -2.56. The molecular weight excluding hydrogens is 704 g/mol. The summed E-state index contributed by atoms with van der Waals surface area (Å²) in [5.41, 5.74) is 1.03. The van der Waals surface area contributed by atoms with Crippen LogP contribution in [-0.4, -0.2) is 71.7 Å². The quantitative estimate of drug-likeness (QED) is 0.285. The van der Waals surface area contributed by atoms with Gasteiger partial charge in [-0.1, -0.05) is 90.6 Å². The second kappa shape index (κ2) is 17.0. The number of benzene rings is 3. The van der Waals surface area contributed by atoms with E-state index in [-0.39, 0.29) is 31.5 Å². The maximum atomic E-state index is 14.6. The van der Waals surface area contributed by atoms with Gasteiger partial charge in [0.25, 0.3) is 0 Å². The minimum Gasteiger partial charge on any atom is -0.351 e. The van der Waals surface area contributed by atoms with E-state index in [1.54, 1.807) is 18.2 Å². The highest BCUT2D eigenvalue weighted by Gasteiger charge is 2.39. The third-order valence-electron chi connectivity index (χ3n) is 9.71. The Balaban J connectivity index is 1.52. The van der Waals surface area contributed by atoms with Crippen molar-refractivity contribution in [2.45, 2.75) is 75.7 Å². The number of carbonyl (C=O) groups is 4. The Morgan fingerprint density at radius 1 is 0.784 bits per heavy atom. The van der Waals surface area contributed by atoms with E-state index >= 15 is 0 Å². The van der Waals surface area contributed by atoms with Crippen molar-refractivity contribution in [3.8, 4) is 0 Å². The van der Waals surface area contributed by atoms with Crippen molar-refractivity contribution in [3.63, 3.8) is 0 Å². The zero-order chi connectivity index (χ0) is 36.7. The van der Waals surface area contributed by atoms with Crippen molar-refractivity contribution >= 4 is 46.8 Å². The van der Waals surface area contributed by atoms with Crippen LogP contribution in [0.1, 0.15) is 54.4 Å². The van der Waals surface area contributed by atoms with Gasteiger partial charge in [-0.3, -0.25) is 19.2 Å². The molecule has 5 rings (SSSR count). The highest BCUT2D eigenvalue weighted by molar-refractivity contribution is 6.42. The van der Waals surface area contributed by atoms with E-state index in [4.69, 9.17) is 23.2 Å². The van der Waals surface area contributed by atoms with Crippen LogP contribution in [0.2, 0.25) is 10.0 Å². The molecule has 1 aliphatic carbocycles. The minimum absolute atomic E-state index is 0.118. The Labute approximate surface area is 305 Å². The van der Waals surface area contributed by atoms with Crippen molar-refractivity contribution < 1.29 is 32.3 Å². The van der Waals surface area contributed by atoms with E-state index in [2.05, 4.69) is 10.6 Å². The molecule has 1 saturated heterocycles. The van der Waals surface area contributed by atoms with Gasteiger partial charge in [0.05, 0.1) is 28.1 Å². The first-order valence-corrected chi connectivity index (χ1v) is 17.8. The average Bonchev–Trinajstić information content (AvgIpc) is 3.11. The maximum absolute atomic E-state index is 14.6. The van der Waals surface area contributed by atoms with E-state index in [0.717, 1.165) is 36.1 Å². The van der Waals surface area contributed by atoms with Crippen LogP contribution in [0.5, 0.6) is 0 Å². The summed E-state index contributed by atoms with van der Waals surface area (Å²) in [6, 6.07) is 16.3. The molecule has 2 N–H and O–H groups in total. The molecule has 8 nitrogen and oxygen atoms in total. The summed E-state index contributed by atoms with van der Waals surface area (Å²) in [6.45, 7) is -0.185. The average molecular weight is 746 g/mol.